The lowest BCUT2D eigenvalue weighted by Crippen LogP contribution is -2.56. The van der Waals surface area contributed by atoms with Crippen LogP contribution in [0, 0.1) is 23.7 Å². The third-order valence-electron chi connectivity index (χ3n) is 6.57. The molecule has 0 aliphatic carbocycles. The van der Waals surface area contributed by atoms with Gasteiger partial charge in [-0.05, 0) is 76.1 Å². The molecule has 30 heavy (non-hydrogen) atoms. The number of rotatable bonds is 8. The van der Waals surface area contributed by atoms with E-state index in [0.717, 1.165) is 38.9 Å². The minimum absolute atomic E-state index is 0.0909. The topological polar surface area (TPSA) is 52.7 Å². The van der Waals surface area contributed by atoms with Gasteiger partial charge in [-0.25, -0.2) is 4.79 Å². The number of urea groups is 1. The molecule has 1 N–H and O–H groups in total. The van der Waals surface area contributed by atoms with Crippen molar-refractivity contribution in [2.24, 2.45) is 11.8 Å². The number of nitrogens with one attached hydrogen (secondary N) is 1. The van der Waals surface area contributed by atoms with Gasteiger partial charge in [-0.15, -0.1) is 5.92 Å². The van der Waals surface area contributed by atoms with E-state index in [4.69, 9.17) is 0 Å². The lowest BCUT2D eigenvalue weighted by Gasteiger charge is -2.41. The van der Waals surface area contributed by atoms with Crippen molar-refractivity contribution in [1.82, 2.24) is 15.1 Å². The standard InChI is InChI=1S/C25H35N3O2/c1-4-5-16-28-23(29)25(26-24(28)30,15-11-21-9-7-6-8-10-21)22-13-18-27(19-14-22)17-12-20(2)3/h6-10,20,22H,11-19H2,1-3H3,(H,26,30)/t25-/m1/s1. The first-order valence-corrected chi connectivity index (χ1v) is 11.3. The molecule has 0 spiro atoms. The molecule has 2 aliphatic heterocycles. The quantitative estimate of drug-likeness (QED) is 0.526. The maximum atomic E-state index is 13.5. The van der Waals surface area contributed by atoms with Gasteiger partial charge in [0.15, 0.2) is 0 Å². The van der Waals surface area contributed by atoms with Crippen LogP contribution in [-0.4, -0.2) is 53.5 Å². The van der Waals surface area contributed by atoms with Crippen LogP contribution in [-0.2, 0) is 11.2 Å². The normalized spacial score (nSPS) is 22.9. The highest BCUT2D eigenvalue weighted by Gasteiger charge is 2.55. The Morgan fingerprint density at radius 2 is 1.87 bits per heavy atom. The van der Waals surface area contributed by atoms with Crippen LogP contribution >= 0.6 is 0 Å². The summed E-state index contributed by atoms with van der Waals surface area (Å²) in [5.41, 5.74) is 0.382. The summed E-state index contributed by atoms with van der Waals surface area (Å²) in [6, 6.07) is 9.92. The Labute approximate surface area is 181 Å². The zero-order chi connectivity index (χ0) is 21.6. The number of benzene rings is 1. The molecule has 0 radical (unpaired) electrons. The summed E-state index contributed by atoms with van der Waals surface area (Å²) < 4.78 is 0. The maximum Gasteiger partial charge on any atom is 0.325 e. The number of imide groups is 1. The number of piperidine rings is 1. The van der Waals surface area contributed by atoms with Gasteiger partial charge in [0.2, 0.25) is 0 Å². The summed E-state index contributed by atoms with van der Waals surface area (Å²) in [6.45, 7) is 9.50. The van der Waals surface area contributed by atoms with Gasteiger partial charge in [0.1, 0.15) is 5.54 Å². The smallest absolute Gasteiger partial charge is 0.323 e. The summed E-state index contributed by atoms with van der Waals surface area (Å²) in [4.78, 5) is 30.1. The molecular weight excluding hydrogens is 374 g/mol. The fourth-order valence-corrected chi connectivity index (χ4v) is 4.67. The van der Waals surface area contributed by atoms with Crippen LogP contribution in [0.4, 0.5) is 4.79 Å². The zero-order valence-electron chi connectivity index (χ0n) is 18.6. The molecule has 3 amide bonds. The molecule has 162 valence electrons. The Morgan fingerprint density at radius 3 is 2.50 bits per heavy atom. The molecule has 1 atom stereocenters. The summed E-state index contributed by atoms with van der Waals surface area (Å²) in [5.74, 6) is 6.45. The first-order valence-electron chi connectivity index (χ1n) is 11.3. The molecule has 5 heteroatoms. The number of nitrogens with zero attached hydrogens (tertiary/aromatic N) is 2. The van der Waals surface area contributed by atoms with Crippen LogP contribution in [0.25, 0.3) is 0 Å². The number of hydrogen-bond acceptors (Lipinski definition) is 3. The van der Waals surface area contributed by atoms with Crippen LogP contribution < -0.4 is 5.32 Å². The molecule has 2 aliphatic rings. The van der Waals surface area contributed by atoms with Gasteiger partial charge in [0.05, 0.1) is 6.54 Å². The van der Waals surface area contributed by atoms with Gasteiger partial charge in [0, 0.05) is 0 Å². The average Bonchev–Trinajstić information content (AvgIpc) is 3.00. The molecule has 0 unspecified atom stereocenters. The summed E-state index contributed by atoms with van der Waals surface area (Å²) >= 11 is 0. The summed E-state index contributed by atoms with van der Waals surface area (Å²) in [6.07, 6.45) is 4.48. The highest BCUT2D eigenvalue weighted by Crippen LogP contribution is 2.37. The number of likely N-dealkylation sites (tertiary alicyclic amines) is 1. The predicted molar refractivity (Wildman–Crippen MR) is 120 cm³/mol. The van der Waals surface area contributed by atoms with Crippen molar-refractivity contribution in [2.45, 2.75) is 58.4 Å². The lowest BCUT2D eigenvalue weighted by atomic mass is 9.74. The Kier molecular flexibility index (Phi) is 7.55. The van der Waals surface area contributed by atoms with Crippen LogP contribution in [0.5, 0.6) is 0 Å². The third-order valence-corrected chi connectivity index (χ3v) is 6.57. The third kappa shape index (κ3) is 5.05. The SMILES string of the molecule is CC#CCN1C(=O)N[C@](CCc2ccccc2)(C2CCN(CCC(C)C)CC2)C1=O. The van der Waals surface area contributed by atoms with Crippen LogP contribution in [0.3, 0.4) is 0 Å². The summed E-state index contributed by atoms with van der Waals surface area (Å²) in [7, 11) is 0. The Hall–Kier alpha value is -2.32. The van der Waals surface area contributed by atoms with E-state index in [1.54, 1.807) is 6.92 Å². The molecule has 3 rings (SSSR count). The monoisotopic (exact) mass is 409 g/mol. The Bertz CT molecular complexity index is 788. The van der Waals surface area contributed by atoms with Crippen molar-refractivity contribution in [2.75, 3.05) is 26.2 Å². The first-order chi connectivity index (χ1) is 14.5. The maximum absolute atomic E-state index is 13.5. The number of carbonyl (C=O) groups excluding carboxylic acids is 2. The minimum atomic E-state index is -0.813. The fourth-order valence-electron chi connectivity index (χ4n) is 4.67. The van der Waals surface area contributed by atoms with E-state index >= 15 is 0 Å². The molecule has 1 aromatic carbocycles. The predicted octanol–water partition coefficient (Wildman–Crippen LogP) is 3.69. The number of amides is 3. The van der Waals surface area contributed by atoms with E-state index in [2.05, 4.69) is 48.0 Å². The molecule has 1 aromatic rings. The molecule has 0 bridgehead atoms. The minimum Gasteiger partial charge on any atom is -0.323 e. The second-order valence-corrected chi connectivity index (χ2v) is 9.00. The number of aryl methyl sites for hydroxylation is 1. The van der Waals surface area contributed by atoms with E-state index in [1.165, 1.54) is 16.9 Å². The second kappa shape index (κ2) is 10.1. The zero-order valence-corrected chi connectivity index (χ0v) is 18.6. The van der Waals surface area contributed by atoms with Crippen molar-refractivity contribution in [3.8, 4) is 11.8 Å². The van der Waals surface area contributed by atoms with E-state index in [9.17, 15) is 9.59 Å². The van der Waals surface area contributed by atoms with Crippen molar-refractivity contribution in [3.63, 3.8) is 0 Å². The van der Waals surface area contributed by atoms with Gasteiger partial charge < -0.3 is 10.2 Å². The second-order valence-electron chi connectivity index (χ2n) is 9.00. The summed E-state index contributed by atoms with van der Waals surface area (Å²) in [5, 5.41) is 3.13. The van der Waals surface area contributed by atoms with Gasteiger partial charge in [-0.3, -0.25) is 9.69 Å². The van der Waals surface area contributed by atoms with E-state index in [0.29, 0.717) is 12.3 Å². The molecule has 2 heterocycles. The number of hydrogen-bond donors (Lipinski definition) is 1. The van der Waals surface area contributed by atoms with Crippen LogP contribution in [0.15, 0.2) is 30.3 Å². The largest absolute Gasteiger partial charge is 0.325 e. The molecule has 0 saturated carbocycles. The van der Waals surface area contributed by atoms with Crippen molar-refractivity contribution >= 4 is 11.9 Å². The van der Waals surface area contributed by atoms with Crippen molar-refractivity contribution in [3.05, 3.63) is 35.9 Å². The number of carbonyl (C=O) groups is 2. The van der Waals surface area contributed by atoms with E-state index in [-0.39, 0.29) is 24.4 Å². The Balaban J connectivity index is 1.76. The molecular formula is C25H35N3O2. The molecule has 5 nitrogen and oxygen atoms in total. The van der Waals surface area contributed by atoms with Crippen molar-refractivity contribution < 1.29 is 9.59 Å². The van der Waals surface area contributed by atoms with E-state index in [1.807, 2.05) is 18.2 Å². The average molecular weight is 410 g/mol. The highest BCUT2D eigenvalue weighted by molar-refractivity contribution is 6.07. The first kappa shape index (κ1) is 22.4. The fraction of sp³-hybridized carbons (Fsp3) is 0.600. The van der Waals surface area contributed by atoms with Crippen LogP contribution in [0.1, 0.15) is 52.0 Å². The lowest BCUT2D eigenvalue weighted by molar-refractivity contribution is -0.134. The van der Waals surface area contributed by atoms with Gasteiger partial charge in [-0.1, -0.05) is 50.1 Å². The molecule has 2 saturated heterocycles. The van der Waals surface area contributed by atoms with Gasteiger partial charge in [0.25, 0.3) is 5.91 Å². The van der Waals surface area contributed by atoms with Gasteiger partial charge in [-0.2, -0.15) is 0 Å². The van der Waals surface area contributed by atoms with E-state index < -0.39 is 5.54 Å². The molecule has 2 fully saturated rings. The Morgan fingerprint density at radius 1 is 1.17 bits per heavy atom. The molecule has 0 aromatic heterocycles. The highest BCUT2D eigenvalue weighted by atomic mass is 16.2. The van der Waals surface area contributed by atoms with Gasteiger partial charge >= 0.3 is 6.03 Å². The van der Waals surface area contributed by atoms with Crippen LogP contribution in [0.2, 0.25) is 0 Å². The van der Waals surface area contributed by atoms with Crippen molar-refractivity contribution in [1.29, 1.82) is 0 Å².